The molecule has 4 aliphatic rings. The molecule has 0 unspecified atom stereocenters. The van der Waals surface area contributed by atoms with Crippen LogP contribution in [-0.2, 0) is 21.7 Å². The number of rotatable bonds is 3. The van der Waals surface area contributed by atoms with Gasteiger partial charge in [0.1, 0.15) is 11.5 Å². The number of hydrogen-bond acceptors (Lipinski definition) is 5. The monoisotopic (exact) mass is 631 g/mol. The van der Waals surface area contributed by atoms with Crippen molar-refractivity contribution in [3.05, 3.63) is 107 Å². The van der Waals surface area contributed by atoms with Crippen molar-refractivity contribution in [2.24, 2.45) is 0 Å². The quantitative estimate of drug-likeness (QED) is 0.183. The lowest BCUT2D eigenvalue weighted by Crippen LogP contribution is -2.58. The van der Waals surface area contributed by atoms with Gasteiger partial charge < -0.3 is 9.47 Å². The van der Waals surface area contributed by atoms with E-state index in [1.807, 2.05) is 36.4 Å². The number of fused-ring (bicyclic) bond motifs is 7. The highest BCUT2D eigenvalue weighted by atomic mass is 16.5. The number of anilines is 3. The summed E-state index contributed by atoms with van der Waals surface area (Å²) in [4.78, 5) is 12.6. The van der Waals surface area contributed by atoms with Crippen molar-refractivity contribution in [1.82, 2.24) is 9.97 Å². The van der Waals surface area contributed by atoms with Crippen LogP contribution in [0, 0.1) is 0 Å². The normalized spacial score (nSPS) is 19.2. The van der Waals surface area contributed by atoms with Crippen LogP contribution in [0.4, 0.5) is 17.3 Å². The summed E-state index contributed by atoms with van der Waals surface area (Å²) >= 11 is 0. The molecule has 1 aromatic heterocycles. The number of aromatic nitrogens is 2. The molecule has 9 rings (SSSR count). The van der Waals surface area contributed by atoms with Gasteiger partial charge in [-0.1, -0.05) is 110 Å². The van der Waals surface area contributed by atoms with Crippen LogP contribution in [0.2, 0.25) is 0 Å². The molecule has 0 bridgehead atoms. The van der Waals surface area contributed by atoms with Crippen LogP contribution >= 0.6 is 0 Å². The zero-order chi connectivity index (χ0) is 33.4. The molecule has 0 spiro atoms. The largest absolute Gasteiger partial charge is 0.440 e. The fraction of sp³-hybridized carbons (Fsp3) is 0.333. The van der Waals surface area contributed by atoms with Gasteiger partial charge in [0.2, 0.25) is 17.7 Å². The molecule has 48 heavy (non-hydrogen) atoms. The van der Waals surface area contributed by atoms with Crippen molar-refractivity contribution in [3.8, 4) is 23.3 Å². The molecule has 6 heteroatoms. The lowest BCUT2D eigenvalue weighted by Gasteiger charge is -2.36. The summed E-state index contributed by atoms with van der Waals surface area (Å²) in [6, 6.07) is 30.0. The topological polar surface area (TPSA) is 47.5 Å². The molecule has 0 atom stereocenters. The Morgan fingerprint density at radius 3 is 1.75 bits per heavy atom. The molecule has 240 valence electrons. The minimum atomic E-state index is -0.104. The number of hydrogen-bond donors (Lipinski definition) is 0. The lowest BCUT2D eigenvalue weighted by molar-refractivity contribution is 0.391. The maximum atomic E-state index is 7.08. The van der Waals surface area contributed by atoms with E-state index in [0.29, 0.717) is 17.7 Å². The molecule has 5 aromatic rings. The van der Waals surface area contributed by atoms with E-state index in [1.165, 1.54) is 33.2 Å². The molecule has 4 aromatic carbocycles. The van der Waals surface area contributed by atoms with E-state index in [4.69, 9.17) is 19.4 Å². The van der Waals surface area contributed by atoms with Crippen LogP contribution in [0.3, 0.4) is 0 Å². The van der Waals surface area contributed by atoms with Gasteiger partial charge in [-0.05, 0) is 92.4 Å². The average Bonchev–Trinajstić information content (AvgIpc) is 3.35. The summed E-state index contributed by atoms with van der Waals surface area (Å²) in [5.41, 5.74) is 10.7. The Morgan fingerprint density at radius 1 is 0.583 bits per heavy atom. The van der Waals surface area contributed by atoms with Crippen LogP contribution < -0.4 is 30.8 Å². The molecule has 3 heterocycles. The average molecular weight is 632 g/mol. The fourth-order valence-electron chi connectivity index (χ4n) is 9.92. The smallest absolute Gasteiger partial charge is 0.265 e. The van der Waals surface area contributed by atoms with Crippen molar-refractivity contribution in [2.75, 3.05) is 4.90 Å². The van der Waals surface area contributed by atoms with Crippen molar-refractivity contribution < 1.29 is 9.47 Å². The van der Waals surface area contributed by atoms with E-state index < -0.39 is 0 Å². The van der Waals surface area contributed by atoms with Crippen molar-refractivity contribution >= 4 is 40.4 Å². The number of benzene rings is 4. The lowest BCUT2D eigenvalue weighted by atomic mass is 9.35. The van der Waals surface area contributed by atoms with Gasteiger partial charge in [-0.15, -0.1) is 0 Å². The fourth-order valence-corrected chi connectivity index (χ4v) is 9.92. The van der Waals surface area contributed by atoms with Crippen molar-refractivity contribution in [3.63, 3.8) is 0 Å². The minimum absolute atomic E-state index is 0.0426. The van der Waals surface area contributed by atoms with Crippen LogP contribution in [0.1, 0.15) is 90.5 Å². The Labute approximate surface area is 284 Å². The van der Waals surface area contributed by atoms with Crippen molar-refractivity contribution in [1.29, 1.82) is 0 Å². The van der Waals surface area contributed by atoms with Crippen LogP contribution in [0.25, 0.3) is 0 Å². The minimum Gasteiger partial charge on any atom is -0.440 e. The van der Waals surface area contributed by atoms with Crippen molar-refractivity contribution in [2.45, 2.75) is 89.9 Å². The Hall–Kier alpha value is -4.58. The second-order valence-corrected chi connectivity index (χ2v) is 16.9. The highest BCUT2D eigenvalue weighted by Gasteiger charge is 2.51. The summed E-state index contributed by atoms with van der Waals surface area (Å²) < 4.78 is 14.0. The van der Waals surface area contributed by atoms with E-state index >= 15 is 0 Å². The summed E-state index contributed by atoms with van der Waals surface area (Å²) in [6.45, 7) is 18.8. The highest BCUT2D eigenvalue weighted by molar-refractivity contribution is 6.98. The van der Waals surface area contributed by atoms with Crippen LogP contribution in [-0.4, -0.2) is 16.7 Å². The van der Waals surface area contributed by atoms with Gasteiger partial charge in [0.15, 0.2) is 0 Å². The maximum Gasteiger partial charge on any atom is 0.265 e. The summed E-state index contributed by atoms with van der Waals surface area (Å²) in [6.07, 6.45) is 2.14. The SMILES string of the molecule is CC1(C)CC(C)(C)c2cc3c(cc21)Oc1nc(N(c2ccccc2)c2ccccc2)nc2c1B3c1ccc3c(c1O2)C(C)(C)CC3(C)C. The Morgan fingerprint density at radius 2 is 1.12 bits per heavy atom. The van der Waals surface area contributed by atoms with Gasteiger partial charge in [0.05, 0.1) is 5.46 Å². The van der Waals surface area contributed by atoms with Crippen LogP contribution in [0.5, 0.6) is 23.3 Å². The molecule has 0 radical (unpaired) electrons. The molecule has 0 fully saturated rings. The molecule has 2 aliphatic heterocycles. The van der Waals surface area contributed by atoms with Gasteiger partial charge in [0, 0.05) is 16.9 Å². The predicted octanol–water partition coefficient (Wildman–Crippen LogP) is 8.59. The van der Waals surface area contributed by atoms with Gasteiger partial charge in [0.25, 0.3) is 6.71 Å². The van der Waals surface area contributed by atoms with E-state index in [2.05, 4.69) is 109 Å². The number of ether oxygens (including phenoxy) is 2. The first-order valence-corrected chi connectivity index (χ1v) is 17.3. The van der Waals surface area contributed by atoms with Gasteiger partial charge in [-0.2, -0.15) is 9.97 Å². The van der Waals surface area contributed by atoms with Gasteiger partial charge in [-0.25, -0.2) is 0 Å². The third-order valence-electron chi connectivity index (χ3n) is 11.4. The summed E-state index contributed by atoms with van der Waals surface area (Å²) in [5, 5.41) is 0. The second kappa shape index (κ2) is 9.53. The van der Waals surface area contributed by atoms with E-state index in [1.54, 1.807) is 0 Å². The Kier molecular flexibility index (Phi) is 5.86. The predicted molar refractivity (Wildman–Crippen MR) is 196 cm³/mol. The van der Waals surface area contributed by atoms with E-state index in [-0.39, 0.29) is 28.4 Å². The first-order chi connectivity index (χ1) is 22.8. The molecule has 5 nitrogen and oxygen atoms in total. The zero-order valence-electron chi connectivity index (χ0n) is 29.2. The number of para-hydroxylation sites is 2. The summed E-state index contributed by atoms with van der Waals surface area (Å²) in [7, 11) is 0. The van der Waals surface area contributed by atoms with E-state index in [9.17, 15) is 0 Å². The molecular formula is C42H42BN3O2. The molecule has 0 N–H and O–H groups in total. The maximum absolute atomic E-state index is 7.08. The molecule has 0 saturated heterocycles. The molecule has 0 saturated carbocycles. The molecular weight excluding hydrogens is 589 g/mol. The second-order valence-electron chi connectivity index (χ2n) is 16.9. The first kappa shape index (κ1) is 29.6. The first-order valence-electron chi connectivity index (χ1n) is 17.3. The molecule has 0 amide bonds. The van der Waals surface area contributed by atoms with E-state index in [0.717, 1.165) is 41.2 Å². The van der Waals surface area contributed by atoms with Crippen LogP contribution in [0.15, 0.2) is 84.9 Å². The number of nitrogens with zero attached hydrogens (tertiary/aromatic N) is 3. The standard InChI is InChI=1S/C42H42BN3O2/c1-39(2)24-42(7,8)33-27(39)19-20-30-35(33)48-37-34-36(44-38(45-37)46(25-15-11-9-12-16-25)26-17-13-10-14-18-26)47-32-22-29-28(21-31(32)43(30)34)40(3,4)23-41(29,5)6/h9-22H,23-24H2,1-8H3. The highest BCUT2D eigenvalue weighted by Crippen LogP contribution is 2.54. The third kappa shape index (κ3) is 4.10. The van der Waals surface area contributed by atoms with Gasteiger partial charge >= 0.3 is 0 Å². The third-order valence-corrected chi connectivity index (χ3v) is 11.4. The molecule has 2 aliphatic carbocycles. The Bertz CT molecular complexity index is 2110. The Balaban J connectivity index is 1.33. The summed E-state index contributed by atoms with van der Waals surface area (Å²) in [5.74, 6) is 3.48. The zero-order valence-corrected chi connectivity index (χ0v) is 29.2. The van der Waals surface area contributed by atoms with Gasteiger partial charge in [-0.3, -0.25) is 4.90 Å².